The Bertz CT molecular complexity index is 2460. The second-order valence-electron chi connectivity index (χ2n) is 17.5. The first-order valence-electron chi connectivity index (χ1n) is 21.8. The number of hydrogen-bond acceptors (Lipinski definition) is 13. The Morgan fingerprint density at radius 1 is 0.955 bits per heavy atom. The SMILES string of the molecule is Cc1nc(-c2ccc(C(C)(C)C)cc2)nc(C)c1C(=O)NC(CCN)C(=O)N(C)C1C(=O)NC(C)C(=O)NC(C(=O)NCC#N)Cc2ccc(OCC(CN)CN)c(c2)-c2cc1ccc2O. The van der Waals surface area contributed by atoms with Gasteiger partial charge in [-0.15, -0.1) is 0 Å². The van der Waals surface area contributed by atoms with Crippen LogP contribution in [0.3, 0.4) is 0 Å². The molecule has 0 fully saturated rings. The first-order chi connectivity index (χ1) is 31.3. The van der Waals surface area contributed by atoms with Crippen LogP contribution in [0.15, 0.2) is 60.7 Å². The number of hydrogen-bond donors (Lipinski definition) is 8. The van der Waals surface area contributed by atoms with Gasteiger partial charge in [0.15, 0.2) is 5.82 Å². The molecular weight excluding hydrogens is 843 g/mol. The number of aromatic hydroxyl groups is 1. The molecule has 350 valence electrons. The van der Waals surface area contributed by atoms with E-state index in [-0.39, 0.29) is 79.4 Å². The summed E-state index contributed by atoms with van der Waals surface area (Å²) in [6.45, 7) is 11.4. The van der Waals surface area contributed by atoms with E-state index in [1.165, 1.54) is 32.2 Å². The number of ether oxygens (including phenoxy) is 1. The molecule has 1 aromatic heterocycles. The van der Waals surface area contributed by atoms with E-state index in [9.17, 15) is 29.1 Å². The van der Waals surface area contributed by atoms with Gasteiger partial charge in [-0.3, -0.25) is 24.0 Å². The van der Waals surface area contributed by atoms with Gasteiger partial charge in [-0.1, -0.05) is 57.2 Å². The third kappa shape index (κ3) is 11.8. The molecule has 18 heteroatoms. The lowest BCUT2D eigenvalue weighted by Gasteiger charge is -2.32. The van der Waals surface area contributed by atoms with E-state index in [1.54, 1.807) is 32.0 Å². The molecule has 4 unspecified atom stereocenters. The third-order valence-corrected chi connectivity index (χ3v) is 11.5. The quantitative estimate of drug-likeness (QED) is 0.0844. The molecule has 66 heavy (non-hydrogen) atoms. The predicted octanol–water partition coefficient (Wildman–Crippen LogP) is 2.18. The third-order valence-electron chi connectivity index (χ3n) is 11.5. The standard InChI is InChI=1S/C48H61N11O7/c1-26-40(27(2)55-42(54-26)31-9-12-33(13-10-31)48(4,5)6)45(63)57-36(16-17-49)47(65)59(7)41-32-11-14-38(60)34(22-32)35-20-29(8-15-39(35)66-25-30(23-51)24-52)21-37(44(62)53-19-18-50)58-43(61)28(3)56-46(41)64/h8-15,20,22,28,30,36-37,41,60H,16-17,19,21,23-25,49,51-52H2,1-7H3,(H,53,62)(H,56,64)(H,57,63)(H,58,61). The Morgan fingerprint density at radius 3 is 2.23 bits per heavy atom. The minimum Gasteiger partial charge on any atom is -0.507 e. The Morgan fingerprint density at radius 2 is 1.62 bits per heavy atom. The summed E-state index contributed by atoms with van der Waals surface area (Å²) in [5.74, 6) is -3.14. The Balaban J connectivity index is 1.54. The minimum absolute atomic E-state index is 0.0166. The van der Waals surface area contributed by atoms with Gasteiger partial charge in [0.2, 0.25) is 23.6 Å². The molecule has 0 saturated carbocycles. The van der Waals surface area contributed by atoms with Gasteiger partial charge in [-0.2, -0.15) is 5.26 Å². The fourth-order valence-corrected chi connectivity index (χ4v) is 7.64. The van der Waals surface area contributed by atoms with Crippen LogP contribution in [-0.4, -0.2) is 107 Å². The molecule has 0 spiro atoms. The van der Waals surface area contributed by atoms with Crippen LogP contribution in [0.2, 0.25) is 0 Å². The van der Waals surface area contributed by atoms with Gasteiger partial charge < -0.3 is 53.2 Å². The number of nitrogens with two attached hydrogens (primary N) is 3. The highest BCUT2D eigenvalue weighted by atomic mass is 16.5. The molecule has 0 aliphatic carbocycles. The van der Waals surface area contributed by atoms with Gasteiger partial charge in [0, 0.05) is 36.1 Å². The van der Waals surface area contributed by atoms with Crippen LogP contribution < -0.4 is 43.2 Å². The van der Waals surface area contributed by atoms with Gasteiger partial charge in [-0.25, -0.2) is 9.97 Å². The summed E-state index contributed by atoms with van der Waals surface area (Å²) in [5, 5.41) is 31.2. The number of fused-ring (bicyclic) bond motifs is 5. The first-order valence-corrected chi connectivity index (χ1v) is 21.8. The second kappa shape index (κ2) is 21.8. The van der Waals surface area contributed by atoms with Crippen molar-refractivity contribution in [1.82, 2.24) is 36.1 Å². The highest BCUT2D eigenvalue weighted by molar-refractivity contribution is 6.00. The lowest BCUT2D eigenvalue weighted by atomic mass is 9.86. The normalized spacial score (nSPS) is 16.8. The van der Waals surface area contributed by atoms with Gasteiger partial charge in [0.05, 0.1) is 29.6 Å². The summed E-state index contributed by atoms with van der Waals surface area (Å²) < 4.78 is 6.21. The van der Waals surface area contributed by atoms with Crippen molar-refractivity contribution < 1.29 is 33.8 Å². The average molecular weight is 904 g/mol. The molecule has 4 aromatic rings. The molecular formula is C48H61N11O7. The molecule has 4 atom stereocenters. The highest BCUT2D eigenvalue weighted by Gasteiger charge is 2.36. The summed E-state index contributed by atoms with van der Waals surface area (Å²) in [4.78, 5) is 80.7. The summed E-state index contributed by atoms with van der Waals surface area (Å²) in [6, 6.07) is 14.0. The molecule has 0 radical (unpaired) electrons. The van der Waals surface area contributed by atoms with E-state index in [0.717, 1.165) is 16.0 Å². The zero-order valence-corrected chi connectivity index (χ0v) is 38.5. The molecule has 3 aromatic carbocycles. The smallest absolute Gasteiger partial charge is 0.255 e. The van der Waals surface area contributed by atoms with Crippen LogP contribution in [0.4, 0.5) is 0 Å². The van der Waals surface area contributed by atoms with Gasteiger partial charge in [-0.05, 0) is 93.2 Å². The largest absolute Gasteiger partial charge is 0.507 e. The monoisotopic (exact) mass is 903 g/mol. The zero-order chi connectivity index (χ0) is 48.5. The molecule has 1 aliphatic rings. The number of carbonyl (C=O) groups excluding carboxylic acids is 5. The lowest BCUT2D eigenvalue weighted by Crippen LogP contribution is -2.56. The maximum Gasteiger partial charge on any atom is 0.255 e. The topological polar surface area (TPSA) is 294 Å². The van der Waals surface area contributed by atoms with Crippen LogP contribution in [0.25, 0.3) is 22.5 Å². The second-order valence-corrected chi connectivity index (χ2v) is 17.5. The Hall–Kier alpha value is -6.94. The van der Waals surface area contributed by atoms with Gasteiger partial charge in [0.25, 0.3) is 5.91 Å². The molecule has 11 N–H and O–H groups in total. The zero-order valence-electron chi connectivity index (χ0n) is 38.5. The van der Waals surface area contributed by atoms with Crippen molar-refractivity contribution in [1.29, 1.82) is 5.26 Å². The molecule has 0 saturated heterocycles. The Labute approximate surface area is 385 Å². The number of phenols is 1. The molecule has 18 nitrogen and oxygen atoms in total. The van der Waals surface area contributed by atoms with Crippen LogP contribution in [0.5, 0.6) is 11.5 Å². The number of benzene rings is 3. The van der Waals surface area contributed by atoms with Crippen LogP contribution in [0, 0.1) is 31.1 Å². The maximum absolute atomic E-state index is 14.6. The molecule has 5 amide bonds. The van der Waals surface area contributed by atoms with Crippen molar-refractivity contribution in [3.63, 3.8) is 0 Å². The number of nitrogens with zero attached hydrogens (tertiary/aromatic N) is 4. The molecule has 1 aliphatic heterocycles. The number of amides is 5. The number of aromatic nitrogens is 2. The lowest BCUT2D eigenvalue weighted by molar-refractivity contribution is -0.141. The first kappa shape index (κ1) is 50.1. The van der Waals surface area contributed by atoms with Crippen molar-refractivity contribution in [3.05, 3.63) is 94.3 Å². The van der Waals surface area contributed by atoms with Crippen molar-refractivity contribution in [2.45, 2.75) is 84.0 Å². The number of aryl methyl sites for hydroxylation is 2. The van der Waals surface area contributed by atoms with Crippen molar-refractivity contribution in [2.24, 2.45) is 23.1 Å². The van der Waals surface area contributed by atoms with Crippen molar-refractivity contribution in [2.75, 3.05) is 39.8 Å². The summed E-state index contributed by atoms with van der Waals surface area (Å²) >= 11 is 0. The summed E-state index contributed by atoms with van der Waals surface area (Å²) in [6.07, 6.45) is -0.0596. The van der Waals surface area contributed by atoms with Crippen molar-refractivity contribution in [3.8, 4) is 40.1 Å². The number of phenolic OH excluding ortho intramolecular Hbond substituents is 1. The number of rotatable bonds is 14. The fraction of sp³-hybridized carbons (Fsp3) is 0.417. The van der Waals surface area contributed by atoms with Crippen LogP contribution in [0.1, 0.15) is 78.6 Å². The van der Waals surface area contributed by atoms with Crippen molar-refractivity contribution >= 4 is 29.5 Å². The number of likely N-dealkylation sites (N-methyl/N-ethyl adjacent to an activating group) is 1. The van der Waals surface area contributed by atoms with Crippen LogP contribution >= 0.6 is 0 Å². The van der Waals surface area contributed by atoms with E-state index in [4.69, 9.17) is 27.2 Å². The summed E-state index contributed by atoms with van der Waals surface area (Å²) in [7, 11) is 1.38. The Kier molecular flexibility index (Phi) is 16.6. The molecule has 4 bridgehead atoms. The number of nitriles is 1. The van der Waals surface area contributed by atoms with Gasteiger partial charge >= 0.3 is 0 Å². The van der Waals surface area contributed by atoms with E-state index >= 15 is 0 Å². The number of carbonyl (C=O) groups is 5. The van der Waals surface area contributed by atoms with E-state index in [1.807, 2.05) is 30.3 Å². The van der Waals surface area contributed by atoms with E-state index < -0.39 is 53.7 Å². The van der Waals surface area contributed by atoms with E-state index in [2.05, 4.69) is 52.0 Å². The highest BCUT2D eigenvalue weighted by Crippen LogP contribution is 2.40. The average Bonchev–Trinajstić information content (AvgIpc) is 3.27. The fourth-order valence-electron chi connectivity index (χ4n) is 7.64. The minimum atomic E-state index is -1.45. The van der Waals surface area contributed by atoms with E-state index in [0.29, 0.717) is 34.1 Å². The predicted molar refractivity (Wildman–Crippen MR) is 249 cm³/mol. The van der Waals surface area contributed by atoms with Gasteiger partial charge in [0.1, 0.15) is 42.2 Å². The molecule has 5 rings (SSSR count). The van der Waals surface area contributed by atoms with Crippen LogP contribution in [-0.2, 0) is 31.0 Å². The number of nitrogens with one attached hydrogen (secondary N) is 4. The summed E-state index contributed by atoms with van der Waals surface area (Å²) in [5.41, 5.74) is 22.0. The molecule has 2 heterocycles. The maximum atomic E-state index is 14.6.